The van der Waals surface area contributed by atoms with Crippen LogP contribution in [0.5, 0.6) is 0 Å². The molecule has 0 fully saturated rings. The number of thioether (sulfide) groups is 1. The molecular formula is C24H20ClN3O2S2. The Bertz CT molecular complexity index is 1280. The maximum Gasteiger partial charge on any atom is 0.234 e. The van der Waals surface area contributed by atoms with E-state index < -0.39 is 0 Å². The summed E-state index contributed by atoms with van der Waals surface area (Å²) in [5, 5.41) is 10.3. The summed E-state index contributed by atoms with van der Waals surface area (Å²) in [4.78, 5) is 29.2. The van der Waals surface area contributed by atoms with Crippen LogP contribution in [0.1, 0.15) is 11.3 Å². The number of hydrogen-bond donors (Lipinski definition) is 2. The Morgan fingerprint density at radius 3 is 2.69 bits per heavy atom. The molecule has 5 nitrogen and oxygen atoms in total. The maximum absolute atomic E-state index is 12.4. The smallest absolute Gasteiger partial charge is 0.234 e. The molecule has 2 amide bonds. The minimum atomic E-state index is -0.166. The number of nitrogens with zero attached hydrogens (tertiary/aromatic N) is 1. The minimum Gasteiger partial charge on any atom is -0.326 e. The molecule has 32 heavy (non-hydrogen) atoms. The summed E-state index contributed by atoms with van der Waals surface area (Å²) in [5.41, 5.74) is 3.07. The van der Waals surface area contributed by atoms with Gasteiger partial charge in [-0.25, -0.2) is 4.98 Å². The van der Waals surface area contributed by atoms with Crippen molar-refractivity contribution < 1.29 is 9.59 Å². The number of aryl methyl sites for hydroxylation is 1. The van der Waals surface area contributed by atoms with E-state index in [4.69, 9.17) is 11.6 Å². The first-order valence-corrected chi connectivity index (χ1v) is 12.1. The summed E-state index contributed by atoms with van der Waals surface area (Å²) in [6.45, 7) is 1.91. The van der Waals surface area contributed by atoms with Gasteiger partial charge in [-0.05, 0) is 36.1 Å². The van der Waals surface area contributed by atoms with Crippen molar-refractivity contribution in [2.75, 3.05) is 16.4 Å². The van der Waals surface area contributed by atoms with E-state index in [1.807, 2.05) is 66.9 Å². The quantitative estimate of drug-likeness (QED) is 0.309. The van der Waals surface area contributed by atoms with Gasteiger partial charge in [0.2, 0.25) is 11.8 Å². The van der Waals surface area contributed by atoms with E-state index in [1.165, 1.54) is 23.1 Å². The number of nitrogens with one attached hydrogen (secondary N) is 2. The van der Waals surface area contributed by atoms with E-state index in [1.54, 1.807) is 6.07 Å². The van der Waals surface area contributed by atoms with Gasteiger partial charge in [0.1, 0.15) is 0 Å². The minimum absolute atomic E-state index is 0.0999. The molecule has 0 aliphatic carbocycles. The number of benzene rings is 3. The van der Waals surface area contributed by atoms with E-state index in [9.17, 15) is 9.59 Å². The van der Waals surface area contributed by atoms with Crippen LogP contribution in [0.25, 0.3) is 10.8 Å². The predicted molar refractivity (Wildman–Crippen MR) is 134 cm³/mol. The van der Waals surface area contributed by atoms with E-state index in [0.717, 1.165) is 26.4 Å². The normalized spacial score (nSPS) is 10.8. The van der Waals surface area contributed by atoms with Crippen LogP contribution in [0.2, 0.25) is 5.02 Å². The van der Waals surface area contributed by atoms with Crippen LogP contribution in [0.3, 0.4) is 0 Å². The molecule has 3 aromatic carbocycles. The molecule has 1 heterocycles. The fraction of sp³-hybridized carbons (Fsp3) is 0.125. The maximum atomic E-state index is 12.4. The number of halogens is 1. The zero-order valence-electron chi connectivity index (χ0n) is 17.2. The van der Waals surface area contributed by atoms with Gasteiger partial charge in [0.05, 0.1) is 17.9 Å². The SMILES string of the molecule is Cc1ccc(NC(=O)Cc2csc(SCC(=O)Nc3cccc4ccccc34)n2)cc1Cl. The topological polar surface area (TPSA) is 71.1 Å². The lowest BCUT2D eigenvalue weighted by atomic mass is 10.1. The molecule has 8 heteroatoms. The van der Waals surface area contributed by atoms with Crippen molar-refractivity contribution in [3.63, 3.8) is 0 Å². The third kappa shape index (κ3) is 5.68. The molecule has 0 saturated carbocycles. The third-order valence-electron chi connectivity index (χ3n) is 4.72. The largest absolute Gasteiger partial charge is 0.326 e. The van der Waals surface area contributed by atoms with Crippen LogP contribution >= 0.6 is 34.7 Å². The van der Waals surface area contributed by atoms with Gasteiger partial charge in [0, 0.05) is 27.2 Å². The Morgan fingerprint density at radius 2 is 1.84 bits per heavy atom. The fourth-order valence-corrected chi connectivity index (χ4v) is 4.95. The molecular weight excluding hydrogens is 462 g/mol. The second-order valence-corrected chi connectivity index (χ2v) is 9.64. The molecule has 2 N–H and O–H groups in total. The lowest BCUT2D eigenvalue weighted by molar-refractivity contribution is -0.116. The highest BCUT2D eigenvalue weighted by Gasteiger charge is 2.12. The lowest BCUT2D eigenvalue weighted by Gasteiger charge is -2.08. The van der Waals surface area contributed by atoms with Gasteiger partial charge in [0.25, 0.3) is 0 Å². The molecule has 0 bridgehead atoms. The highest BCUT2D eigenvalue weighted by atomic mass is 35.5. The predicted octanol–water partition coefficient (Wildman–Crippen LogP) is 6.17. The number of rotatable bonds is 7. The Hall–Kier alpha value is -2.87. The molecule has 0 atom stereocenters. The van der Waals surface area contributed by atoms with Crippen molar-refractivity contribution in [2.45, 2.75) is 17.7 Å². The van der Waals surface area contributed by atoms with Crippen LogP contribution < -0.4 is 10.6 Å². The number of amides is 2. The zero-order chi connectivity index (χ0) is 22.5. The number of aromatic nitrogens is 1. The monoisotopic (exact) mass is 481 g/mol. The Labute approximate surface area is 199 Å². The highest BCUT2D eigenvalue weighted by molar-refractivity contribution is 8.01. The molecule has 162 valence electrons. The van der Waals surface area contributed by atoms with Gasteiger partial charge in [-0.3, -0.25) is 9.59 Å². The Balaban J connectivity index is 1.29. The van der Waals surface area contributed by atoms with E-state index >= 15 is 0 Å². The summed E-state index contributed by atoms with van der Waals surface area (Å²) < 4.78 is 0.749. The van der Waals surface area contributed by atoms with Crippen molar-refractivity contribution in [3.8, 4) is 0 Å². The first-order chi connectivity index (χ1) is 15.5. The van der Waals surface area contributed by atoms with Gasteiger partial charge in [-0.15, -0.1) is 11.3 Å². The number of thiazole rings is 1. The lowest BCUT2D eigenvalue weighted by Crippen LogP contribution is -2.15. The van der Waals surface area contributed by atoms with Crippen LogP contribution in [0, 0.1) is 6.92 Å². The van der Waals surface area contributed by atoms with Crippen LogP contribution in [0.4, 0.5) is 11.4 Å². The molecule has 0 unspecified atom stereocenters. The van der Waals surface area contributed by atoms with Gasteiger partial charge < -0.3 is 10.6 Å². The number of carbonyl (C=O) groups is 2. The van der Waals surface area contributed by atoms with E-state index in [2.05, 4.69) is 15.6 Å². The van der Waals surface area contributed by atoms with Gasteiger partial charge in [-0.1, -0.05) is 65.8 Å². The molecule has 4 rings (SSSR count). The summed E-state index contributed by atoms with van der Waals surface area (Å²) >= 11 is 8.88. The third-order valence-corrected chi connectivity index (χ3v) is 7.20. The second kappa shape index (κ2) is 10.2. The van der Waals surface area contributed by atoms with Gasteiger partial charge in [-0.2, -0.15) is 0 Å². The first-order valence-electron chi connectivity index (χ1n) is 9.89. The fourth-order valence-electron chi connectivity index (χ4n) is 3.12. The summed E-state index contributed by atoms with van der Waals surface area (Å²) in [6, 6.07) is 19.2. The molecule has 0 aliphatic rings. The molecule has 0 spiro atoms. The van der Waals surface area contributed by atoms with Crippen LogP contribution in [-0.2, 0) is 16.0 Å². The van der Waals surface area contributed by atoms with Crippen LogP contribution in [0.15, 0.2) is 70.4 Å². The van der Waals surface area contributed by atoms with E-state index in [-0.39, 0.29) is 24.0 Å². The standard InChI is InChI=1S/C24H20ClN3O2S2/c1-15-9-10-17(11-20(15)25)26-22(29)12-18-13-31-24(27-18)32-14-23(30)28-21-8-4-6-16-5-2-3-7-19(16)21/h2-11,13H,12,14H2,1H3,(H,26,29)(H,28,30). The Morgan fingerprint density at radius 1 is 1.03 bits per heavy atom. The van der Waals surface area contributed by atoms with Gasteiger partial charge in [0.15, 0.2) is 4.34 Å². The summed E-state index contributed by atoms with van der Waals surface area (Å²) in [6.07, 6.45) is 0.157. The number of anilines is 2. The Kier molecular flexibility index (Phi) is 7.09. The molecule has 0 aliphatic heterocycles. The van der Waals surface area contributed by atoms with Gasteiger partial charge >= 0.3 is 0 Å². The van der Waals surface area contributed by atoms with Crippen molar-refractivity contribution >= 4 is 68.7 Å². The highest BCUT2D eigenvalue weighted by Crippen LogP contribution is 2.26. The zero-order valence-corrected chi connectivity index (χ0v) is 19.6. The average Bonchev–Trinajstić information content (AvgIpc) is 3.22. The molecule has 4 aromatic rings. The number of carbonyl (C=O) groups excluding carboxylic acids is 2. The number of fused-ring (bicyclic) bond motifs is 1. The van der Waals surface area contributed by atoms with Crippen LogP contribution in [-0.4, -0.2) is 22.6 Å². The average molecular weight is 482 g/mol. The van der Waals surface area contributed by atoms with E-state index in [0.29, 0.717) is 16.4 Å². The molecule has 0 saturated heterocycles. The summed E-state index contributed by atoms with van der Waals surface area (Å²) in [7, 11) is 0. The van der Waals surface area contributed by atoms with Crippen molar-refractivity contribution in [2.24, 2.45) is 0 Å². The first kappa shape index (κ1) is 22.3. The van der Waals surface area contributed by atoms with Crippen molar-refractivity contribution in [1.29, 1.82) is 0 Å². The molecule has 0 radical (unpaired) electrons. The second-order valence-electron chi connectivity index (χ2n) is 7.16. The van der Waals surface area contributed by atoms with Crippen molar-refractivity contribution in [3.05, 3.63) is 82.3 Å². The summed E-state index contributed by atoms with van der Waals surface area (Å²) in [5.74, 6) is -0.0258. The van der Waals surface area contributed by atoms with Crippen molar-refractivity contribution in [1.82, 2.24) is 4.98 Å². The number of hydrogen-bond acceptors (Lipinski definition) is 5. The molecule has 1 aromatic heterocycles.